The fourth-order valence-corrected chi connectivity index (χ4v) is 7.43. The van der Waals surface area contributed by atoms with Gasteiger partial charge in [0.1, 0.15) is 0 Å². The summed E-state index contributed by atoms with van der Waals surface area (Å²) in [6, 6.07) is 7.10. The van der Waals surface area contributed by atoms with Crippen LogP contribution in [0.15, 0.2) is 35.2 Å². The van der Waals surface area contributed by atoms with Crippen LogP contribution in [0.3, 0.4) is 0 Å². The highest BCUT2D eigenvalue weighted by atomic mass is 35.5. The van der Waals surface area contributed by atoms with Gasteiger partial charge in [-0.05, 0) is 55.7 Å². The zero-order valence-electron chi connectivity index (χ0n) is 18.5. The van der Waals surface area contributed by atoms with Crippen LogP contribution in [-0.2, 0) is 4.74 Å². The zero-order valence-corrected chi connectivity index (χ0v) is 20.1. The lowest BCUT2D eigenvalue weighted by Crippen LogP contribution is -2.50. The van der Waals surface area contributed by atoms with Gasteiger partial charge in [-0.2, -0.15) is 0 Å². The minimum Gasteiger partial charge on any atom is -0.379 e. The number of amides is 1. The average molecular weight is 511 g/mol. The molecule has 1 aliphatic heterocycles. The number of carbonyl (C=O) groups excluding carboxylic acids is 1. The Balaban J connectivity index is 1.26. The predicted octanol–water partition coefficient (Wildman–Crippen LogP) is 5.99. The smallest absolute Gasteiger partial charge is 0.255 e. The van der Waals surface area contributed by atoms with Gasteiger partial charge in [0.05, 0.1) is 18.2 Å². The number of benzene rings is 2. The second kappa shape index (κ2) is 10.1. The molecule has 2 saturated carbocycles. The van der Waals surface area contributed by atoms with E-state index in [1.165, 1.54) is 12.8 Å². The fraction of sp³-hybridized carbons (Fsp3) is 0.480. The molecule has 2 aromatic carbocycles. The van der Waals surface area contributed by atoms with Crippen LogP contribution in [-0.4, -0.2) is 48.4 Å². The lowest BCUT2D eigenvalue weighted by atomic mass is 9.82. The maximum Gasteiger partial charge on any atom is 0.255 e. The lowest BCUT2D eigenvalue weighted by Gasteiger charge is -2.43. The number of nitrogens with one attached hydrogen (secondary N) is 1. The number of halogens is 4. The summed E-state index contributed by atoms with van der Waals surface area (Å²) in [4.78, 5) is 16.1. The zero-order chi connectivity index (χ0) is 23.8. The van der Waals surface area contributed by atoms with Gasteiger partial charge in [0.15, 0.2) is 17.5 Å². The van der Waals surface area contributed by atoms with Gasteiger partial charge >= 0.3 is 0 Å². The Kier molecular flexibility index (Phi) is 7.12. The number of carbonyl (C=O) groups is 1. The van der Waals surface area contributed by atoms with Crippen LogP contribution in [0.1, 0.15) is 36.0 Å². The molecular weight excluding hydrogens is 485 g/mol. The van der Waals surface area contributed by atoms with Crippen LogP contribution in [0.5, 0.6) is 0 Å². The molecule has 9 heteroatoms. The number of ether oxygens (including phenoxy) is 1. The topological polar surface area (TPSA) is 41.6 Å². The molecule has 5 rings (SSSR count). The third kappa shape index (κ3) is 4.96. The number of anilines is 1. The second-order valence-electron chi connectivity index (χ2n) is 9.30. The lowest BCUT2D eigenvalue weighted by molar-refractivity contribution is -0.0103. The summed E-state index contributed by atoms with van der Waals surface area (Å²) >= 11 is 8.17. The number of morpholine rings is 1. The molecule has 1 unspecified atom stereocenters. The van der Waals surface area contributed by atoms with E-state index < -0.39 is 23.4 Å². The maximum atomic E-state index is 13.5. The predicted molar refractivity (Wildman–Crippen MR) is 127 cm³/mol. The van der Waals surface area contributed by atoms with Crippen molar-refractivity contribution in [3.8, 4) is 0 Å². The van der Waals surface area contributed by atoms with Crippen molar-refractivity contribution in [2.45, 2.75) is 41.9 Å². The van der Waals surface area contributed by atoms with E-state index in [-0.39, 0.29) is 5.69 Å². The van der Waals surface area contributed by atoms with E-state index in [0.29, 0.717) is 33.7 Å². The molecule has 0 radical (unpaired) electrons. The van der Waals surface area contributed by atoms with Gasteiger partial charge in [0, 0.05) is 52.7 Å². The molecule has 1 amide bonds. The summed E-state index contributed by atoms with van der Waals surface area (Å²) in [6.45, 7) is 3.66. The van der Waals surface area contributed by atoms with E-state index in [1.54, 1.807) is 30.0 Å². The van der Waals surface area contributed by atoms with Gasteiger partial charge in [0.2, 0.25) is 0 Å². The van der Waals surface area contributed by atoms with Crippen LogP contribution >= 0.6 is 23.4 Å². The minimum absolute atomic E-state index is 0.149. The van der Waals surface area contributed by atoms with E-state index in [1.807, 2.05) is 0 Å². The molecule has 3 aliphatic rings. The van der Waals surface area contributed by atoms with Crippen LogP contribution in [0.2, 0.25) is 5.02 Å². The SMILES string of the molecule is O=C(Nc1cc(F)c(F)c(F)c1)c1ccc(Cl)c(S[C@@H]2CC3CC[C@@H](C2)[C@H]3N2CCOCC2)c1. The van der Waals surface area contributed by atoms with Gasteiger partial charge < -0.3 is 10.1 Å². The maximum absolute atomic E-state index is 13.5. The van der Waals surface area contributed by atoms with Crippen molar-refractivity contribution in [1.29, 1.82) is 0 Å². The van der Waals surface area contributed by atoms with E-state index >= 15 is 0 Å². The van der Waals surface area contributed by atoms with E-state index in [9.17, 15) is 18.0 Å². The first kappa shape index (κ1) is 24.0. The molecule has 1 N–H and O–H groups in total. The standard InChI is InChI=1S/C25H26ClF3N2O2S/c26-19-4-3-16(25(32)30-17-12-20(27)23(29)21(28)13-17)11-22(19)34-18-9-14-1-2-15(10-18)24(14)31-5-7-33-8-6-31/h3-4,11-15,18,24H,1-2,5-10H2,(H,30,32)/t14-,15?,18-,24+/m0/s1. The molecule has 4 nitrogen and oxygen atoms in total. The molecular formula is C25H26ClF3N2O2S. The van der Waals surface area contributed by atoms with Gasteiger partial charge in [-0.15, -0.1) is 11.8 Å². The molecule has 4 atom stereocenters. The molecule has 2 aromatic rings. The summed E-state index contributed by atoms with van der Waals surface area (Å²) in [5, 5.41) is 3.42. The highest BCUT2D eigenvalue weighted by Gasteiger charge is 2.45. The van der Waals surface area contributed by atoms with Crippen molar-refractivity contribution in [2.24, 2.45) is 11.8 Å². The van der Waals surface area contributed by atoms with E-state index in [4.69, 9.17) is 16.3 Å². The van der Waals surface area contributed by atoms with Gasteiger partial charge in [-0.3, -0.25) is 9.69 Å². The molecule has 1 saturated heterocycles. The number of thioether (sulfide) groups is 1. The second-order valence-corrected chi connectivity index (χ2v) is 11.1. The Labute approximate surface area is 206 Å². The molecule has 2 aliphatic carbocycles. The highest BCUT2D eigenvalue weighted by Crippen LogP contribution is 2.50. The van der Waals surface area contributed by atoms with Gasteiger partial charge in [0.25, 0.3) is 5.91 Å². The van der Waals surface area contributed by atoms with Crippen molar-refractivity contribution in [3.63, 3.8) is 0 Å². The number of hydrogen-bond acceptors (Lipinski definition) is 4. The largest absolute Gasteiger partial charge is 0.379 e. The molecule has 182 valence electrons. The Bertz CT molecular complexity index is 1050. The van der Waals surface area contributed by atoms with Crippen molar-refractivity contribution in [2.75, 3.05) is 31.6 Å². The average Bonchev–Trinajstić information content (AvgIpc) is 3.09. The molecule has 1 heterocycles. The quantitative estimate of drug-likeness (QED) is 0.502. The first-order valence-corrected chi connectivity index (χ1v) is 12.9. The van der Waals surface area contributed by atoms with Crippen molar-refractivity contribution < 1.29 is 22.7 Å². The Morgan fingerprint density at radius 1 is 1.03 bits per heavy atom. The normalized spacial score (nSPS) is 27.1. The Hall–Kier alpha value is -1.74. The minimum atomic E-state index is -1.57. The summed E-state index contributed by atoms with van der Waals surface area (Å²) < 4.78 is 45.7. The molecule has 2 bridgehead atoms. The van der Waals surface area contributed by atoms with Crippen LogP contribution in [0.4, 0.5) is 18.9 Å². The highest BCUT2D eigenvalue weighted by molar-refractivity contribution is 8.00. The van der Waals surface area contributed by atoms with Gasteiger partial charge in [-0.25, -0.2) is 13.2 Å². The van der Waals surface area contributed by atoms with Crippen molar-refractivity contribution in [3.05, 3.63) is 58.4 Å². The van der Waals surface area contributed by atoms with E-state index in [0.717, 1.165) is 56.2 Å². The van der Waals surface area contributed by atoms with Crippen LogP contribution in [0, 0.1) is 29.3 Å². The van der Waals surface area contributed by atoms with Crippen molar-refractivity contribution >= 4 is 35.0 Å². The third-order valence-corrected chi connectivity index (χ3v) is 8.95. The Morgan fingerprint density at radius 2 is 1.68 bits per heavy atom. The first-order chi connectivity index (χ1) is 16.4. The molecule has 34 heavy (non-hydrogen) atoms. The van der Waals surface area contributed by atoms with Crippen LogP contribution in [0.25, 0.3) is 0 Å². The summed E-state index contributed by atoms with van der Waals surface area (Å²) in [6.07, 6.45) is 4.74. The monoisotopic (exact) mass is 510 g/mol. The summed E-state index contributed by atoms with van der Waals surface area (Å²) in [7, 11) is 0. The number of rotatable bonds is 5. The number of nitrogens with zero attached hydrogens (tertiary/aromatic N) is 1. The molecule has 0 spiro atoms. The van der Waals surface area contributed by atoms with Gasteiger partial charge in [-0.1, -0.05) is 11.6 Å². The summed E-state index contributed by atoms with van der Waals surface area (Å²) in [5.41, 5.74) is 0.172. The third-order valence-electron chi connectivity index (χ3n) is 7.20. The molecule has 3 fully saturated rings. The van der Waals surface area contributed by atoms with Crippen LogP contribution < -0.4 is 5.32 Å². The number of hydrogen-bond donors (Lipinski definition) is 1. The Morgan fingerprint density at radius 3 is 2.32 bits per heavy atom. The van der Waals surface area contributed by atoms with Crippen molar-refractivity contribution in [1.82, 2.24) is 4.90 Å². The fourth-order valence-electron chi connectivity index (χ4n) is 5.75. The van der Waals surface area contributed by atoms with E-state index in [2.05, 4.69) is 10.2 Å². The first-order valence-electron chi connectivity index (χ1n) is 11.6. The summed E-state index contributed by atoms with van der Waals surface area (Å²) in [5.74, 6) is -3.49. The molecule has 0 aromatic heterocycles. The number of fused-ring (bicyclic) bond motifs is 2.